The molecule has 1 aliphatic rings. The largest absolute Gasteiger partial charge is 0.354 e. The Hall–Kier alpha value is -0.830. The molecule has 0 aromatic rings. The molecular weight excluding hydrogens is 128 g/mol. The van der Waals surface area contributed by atoms with Gasteiger partial charge in [-0.15, -0.1) is 0 Å². The normalized spacial score (nSPS) is 30.2. The molecule has 0 spiro atoms. The second kappa shape index (κ2) is 2.84. The van der Waals surface area contributed by atoms with Gasteiger partial charge in [0.2, 0.25) is 0 Å². The number of nitrogens with one attached hydrogen (secondary N) is 1. The van der Waals surface area contributed by atoms with E-state index in [1.807, 2.05) is 25.5 Å². The highest BCUT2D eigenvalue weighted by molar-refractivity contribution is 5.72. The number of hydrazone groups is 1. The molecule has 3 heteroatoms. The van der Waals surface area contributed by atoms with E-state index in [2.05, 4.69) is 10.5 Å². The second-order valence-corrected chi connectivity index (χ2v) is 2.03. The third-order valence-electron chi connectivity index (χ3n) is 1.51. The van der Waals surface area contributed by atoms with Crippen LogP contribution in [0.1, 0.15) is 6.92 Å². The molecule has 1 unspecified atom stereocenters. The molecule has 0 saturated heterocycles. The summed E-state index contributed by atoms with van der Waals surface area (Å²) in [7, 11) is 1.64. The number of rotatable bonds is 2. The standard InChI is InChI=1S/C7H11N2O/c1-3-7(10-2)5-4-6-8-9-7/h3-6,9H,1-2H3. The quantitative estimate of drug-likeness (QED) is 0.611. The van der Waals surface area contributed by atoms with Crippen LogP contribution in [0.3, 0.4) is 0 Å². The summed E-state index contributed by atoms with van der Waals surface area (Å²) in [5, 5.41) is 3.85. The van der Waals surface area contributed by atoms with Crippen LogP contribution in [-0.2, 0) is 4.74 Å². The lowest BCUT2D eigenvalue weighted by atomic mass is 10.1. The van der Waals surface area contributed by atoms with Gasteiger partial charge in [-0.2, -0.15) is 5.10 Å². The van der Waals surface area contributed by atoms with Crippen LogP contribution in [0.15, 0.2) is 17.3 Å². The van der Waals surface area contributed by atoms with Gasteiger partial charge < -0.3 is 4.74 Å². The highest BCUT2D eigenvalue weighted by atomic mass is 16.5. The zero-order chi connectivity index (χ0) is 7.45. The number of nitrogens with zero attached hydrogens (tertiary/aromatic N) is 1. The maximum Gasteiger partial charge on any atom is 0.175 e. The summed E-state index contributed by atoms with van der Waals surface area (Å²) in [6, 6.07) is 0. The van der Waals surface area contributed by atoms with Crippen LogP contribution in [0.2, 0.25) is 0 Å². The van der Waals surface area contributed by atoms with Crippen LogP contribution in [0.25, 0.3) is 0 Å². The van der Waals surface area contributed by atoms with Gasteiger partial charge in [0.15, 0.2) is 5.72 Å². The minimum atomic E-state index is -0.491. The van der Waals surface area contributed by atoms with E-state index in [-0.39, 0.29) is 0 Å². The molecule has 0 amide bonds. The first-order chi connectivity index (χ1) is 4.83. The molecular formula is C7H11N2O. The van der Waals surface area contributed by atoms with Crippen LogP contribution in [0.5, 0.6) is 0 Å². The van der Waals surface area contributed by atoms with Crippen molar-refractivity contribution >= 4 is 6.21 Å². The first-order valence-corrected chi connectivity index (χ1v) is 3.17. The second-order valence-electron chi connectivity index (χ2n) is 2.03. The predicted octanol–water partition coefficient (Wildman–Crippen LogP) is 0.698. The summed E-state index contributed by atoms with van der Waals surface area (Å²) in [4.78, 5) is 0. The molecule has 1 atom stereocenters. The minimum Gasteiger partial charge on any atom is -0.354 e. The Kier molecular flexibility index (Phi) is 2.06. The number of hydrogen-bond donors (Lipinski definition) is 1. The van der Waals surface area contributed by atoms with E-state index >= 15 is 0 Å². The zero-order valence-electron chi connectivity index (χ0n) is 6.16. The molecule has 0 saturated carbocycles. The Bertz CT molecular complexity index is 159. The van der Waals surface area contributed by atoms with Crippen molar-refractivity contribution in [3.63, 3.8) is 0 Å². The topological polar surface area (TPSA) is 33.6 Å². The van der Waals surface area contributed by atoms with E-state index in [9.17, 15) is 0 Å². The predicted molar refractivity (Wildman–Crippen MR) is 40.5 cm³/mol. The summed E-state index contributed by atoms with van der Waals surface area (Å²) in [6.07, 6.45) is 7.33. The maximum atomic E-state index is 5.16. The van der Waals surface area contributed by atoms with Gasteiger partial charge in [-0.1, -0.05) is 6.92 Å². The molecule has 0 fully saturated rings. The lowest BCUT2D eigenvalue weighted by Crippen LogP contribution is -2.43. The van der Waals surface area contributed by atoms with Gasteiger partial charge in [0.1, 0.15) is 0 Å². The summed E-state index contributed by atoms with van der Waals surface area (Å²) in [5.41, 5.74) is 2.35. The maximum absolute atomic E-state index is 5.16. The van der Waals surface area contributed by atoms with Crippen molar-refractivity contribution in [3.05, 3.63) is 18.6 Å². The van der Waals surface area contributed by atoms with Crippen molar-refractivity contribution < 1.29 is 4.74 Å². The minimum absolute atomic E-state index is 0.491. The molecule has 1 aliphatic heterocycles. The van der Waals surface area contributed by atoms with E-state index in [0.29, 0.717) is 0 Å². The lowest BCUT2D eigenvalue weighted by Gasteiger charge is -2.28. The fraction of sp³-hybridized carbons (Fsp3) is 0.429. The molecule has 0 bridgehead atoms. The summed E-state index contributed by atoms with van der Waals surface area (Å²) in [6.45, 7) is 1.92. The molecule has 1 radical (unpaired) electrons. The van der Waals surface area contributed by atoms with E-state index < -0.39 is 5.72 Å². The summed E-state index contributed by atoms with van der Waals surface area (Å²) < 4.78 is 5.16. The van der Waals surface area contributed by atoms with E-state index in [1.165, 1.54) is 0 Å². The highest BCUT2D eigenvalue weighted by Gasteiger charge is 2.24. The van der Waals surface area contributed by atoms with Crippen molar-refractivity contribution in [1.29, 1.82) is 0 Å². The fourth-order valence-electron chi connectivity index (χ4n) is 0.797. The first-order valence-electron chi connectivity index (χ1n) is 3.17. The van der Waals surface area contributed by atoms with Gasteiger partial charge in [-0.3, -0.25) is 5.43 Å². The molecule has 55 valence electrons. The lowest BCUT2D eigenvalue weighted by molar-refractivity contribution is 0.0310. The molecule has 1 rings (SSSR count). The van der Waals surface area contributed by atoms with Gasteiger partial charge in [-0.25, -0.2) is 0 Å². The van der Waals surface area contributed by atoms with Crippen molar-refractivity contribution in [3.8, 4) is 0 Å². The van der Waals surface area contributed by atoms with E-state index in [0.717, 1.165) is 0 Å². The van der Waals surface area contributed by atoms with Crippen molar-refractivity contribution in [2.75, 3.05) is 7.11 Å². The van der Waals surface area contributed by atoms with Crippen LogP contribution in [0, 0.1) is 6.42 Å². The average Bonchev–Trinajstić information content (AvgIpc) is 2.06. The Labute approximate surface area is 60.8 Å². The molecule has 1 heterocycles. The Morgan fingerprint density at radius 1 is 1.70 bits per heavy atom. The third-order valence-corrected chi connectivity index (χ3v) is 1.51. The van der Waals surface area contributed by atoms with Crippen LogP contribution < -0.4 is 5.43 Å². The van der Waals surface area contributed by atoms with E-state index in [1.54, 1.807) is 13.3 Å². The molecule has 0 aromatic carbocycles. The Morgan fingerprint density at radius 2 is 2.50 bits per heavy atom. The molecule has 3 nitrogen and oxygen atoms in total. The van der Waals surface area contributed by atoms with Gasteiger partial charge >= 0.3 is 0 Å². The number of hydrogen-bond acceptors (Lipinski definition) is 3. The van der Waals surface area contributed by atoms with Gasteiger partial charge in [0, 0.05) is 19.7 Å². The molecule has 1 N–H and O–H groups in total. The molecule has 0 aromatic heterocycles. The smallest absolute Gasteiger partial charge is 0.175 e. The number of allylic oxidation sites excluding steroid dienone is 1. The van der Waals surface area contributed by atoms with Crippen molar-refractivity contribution in [2.24, 2.45) is 5.10 Å². The highest BCUT2D eigenvalue weighted by Crippen LogP contribution is 2.13. The Morgan fingerprint density at radius 3 is 2.80 bits per heavy atom. The van der Waals surface area contributed by atoms with Crippen LogP contribution in [0.4, 0.5) is 0 Å². The van der Waals surface area contributed by atoms with Gasteiger partial charge in [0.05, 0.1) is 0 Å². The third kappa shape index (κ3) is 1.19. The van der Waals surface area contributed by atoms with Crippen LogP contribution >= 0.6 is 0 Å². The monoisotopic (exact) mass is 139 g/mol. The number of ether oxygens (including phenoxy) is 1. The first kappa shape index (κ1) is 7.28. The van der Waals surface area contributed by atoms with Crippen molar-refractivity contribution in [2.45, 2.75) is 12.6 Å². The Balaban J connectivity index is 2.66. The summed E-state index contributed by atoms with van der Waals surface area (Å²) >= 11 is 0. The molecule has 0 aliphatic carbocycles. The SMILES string of the molecule is C[CH]C1(OC)C=CC=NN1. The van der Waals surface area contributed by atoms with Gasteiger partial charge in [-0.05, 0) is 12.2 Å². The van der Waals surface area contributed by atoms with E-state index in [4.69, 9.17) is 4.74 Å². The van der Waals surface area contributed by atoms with Crippen LogP contribution in [-0.4, -0.2) is 19.0 Å². The number of methoxy groups -OCH3 is 1. The summed E-state index contributed by atoms with van der Waals surface area (Å²) in [5.74, 6) is 0. The van der Waals surface area contributed by atoms with Gasteiger partial charge in [0.25, 0.3) is 0 Å². The average molecular weight is 139 g/mol. The zero-order valence-corrected chi connectivity index (χ0v) is 6.16. The van der Waals surface area contributed by atoms with Crippen molar-refractivity contribution in [1.82, 2.24) is 5.43 Å². The fourth-order valence-corrected chi connectivity index (χ4v) is 0.797. The molecule has 10 heavy (non-hydrogen) atoms.